The highest BCUT2D eigenvalue weighted by Crippen LogP contribution is 2.24. The van der Waals surface area contributed by atoms with Gasteiger partial charge in [-0.05, 0) is 26.0 Å². The standard InChI is InChI=1S/C12H19N3O2S/c1-10-9-15(8-7-13-10)18(16,17)11(2)12-5-3-4-6-14-12/h3-6,10-11,13H,7-9H2,1-2H3/t10-,11-/m1/s1. The van der Waals surface area contributed by atoms with E-state index in [2.05, 4.69) is 10.3 Å². The minimum Gasteiger partial charge on any atom is -0.312 e. The average molecular weight is 269 g/mol. The van der Waals surface area contributed by atoms with Crippen LogP contribution in [0.5, 0.6) is 0 Å². The predicted molar refractivity (Wildman–Crippen MR) is 70.6 cm³/mol. The summed E-state index contributed by atoms with van der Waals surface area (Å²) in [6.07, 6.45) is 1.63. The number of aromatic nitrogens is 1. The zero-order chi connectivity index (χ0) is 13.2. The first kappa shape index (κ1) is 13.5. The van der Waals surface area contributed by atoms with E-state index < -0.39 is 15.3 Å². The molecule has 0 aliphatic carbocycles. The van der Waals surface area contributed by atoms with Gasteiger partial charge < -0.3 is 5.32 Å². The Kier molecular flexibility index (Phi) is 3.99. The van der Waals surface area contributed by atoms with Gasteiger partial charge in [0.2, 0.25) is 10.0 Å². The van der Waals surface area contributed by atoms with Gasteiger partial charge in [-0.3, -0.25) is 4.98 Å². The number of hydrogen-bond donors (Lipinski definition) is 1. The lowest BCUT2D eigenvalue weighted by molar-refractivity contribution is 0.307. The van der Waals surface area contributed by atoms with E-state index in [9.17, 15) is 8.42 Å². The molecule has 2 atom stereocenters. The van der Waals surface area contributed by atoms with Crippen LogP contribution in [0.25, 0.3) is 0 Å². The van der Waals surface area contributed by atoms with Gasteiger partial charge in [-0.2, -0.15) is 4.31 Å². The van der Waals surface area contributed by atoms with Crippen molar-refractivity contribution in [2.24, 2.45) is 0 Å². The molecule has 2 heterocycles. The predicted octanol–water partition coefficient (Wildman–Crippen LogP) is 0.766. The van der Waals surface area contributed by atoms with Gasteiger partial charge >= 0.3 is 0 Å². The molecule has 0 saturated carbocycles. The van der Waals surface area contributed by atoms with Gasteiger partial charge in [-0.1, -0.05) is 6.07 Å². The molecule has 1 aliphatic heterocycles. The van der Waals surface area contributed by atoms with Crippen LogP contribution in [-0.2, 0) is 10.0 Å². The fourth-order valence-electron chi connectivity index (χ4n) is 2.12. The summed E-state index contributed by atoms with van der Waals surface area (Å²) < 4.78 is 26.5. The summed E-state index contributed by atoms with van der Waals surface area (Å²) in [7, 11) is -3.32. The number of sulfonamides is 1. The third kappa shape index (κ3) is 2.71. The summed E-state index contributed by atoms with van der Waals surface area (Å²) >= 11 is 0. The quantitative estimate of drug-likeness (QED) is 0.880. The minimum atomic E-state index is -3.32. The van der Waals surface area contributed by atoms with E-state index in [4.69, 9.17) is 0 Å². The van der Waals surface area contributed by atoms with Crippen molar-refractivity contribution in [3.8, 4) is 0 Å². The van der Waals surface area contributed by atoms with E-state index in [1.165, 1.54) is 0 Å². The number of piperazine rings is 1. The molecular formula is C12H19N3O2S. The van der Waals surface area contributed by atoms with Crippen LogP contribution in [0, 0.1) is 0 Å². The van der Waals surface area contributed by atoms with Gasteiger partial charge in [0.25, 0.3) is 0 Å². The first-order valence-electron chi connectivity index (χ1n) is 6.15. The first-order chi connectivity index (χ1) is 8.51. The van der Waals surface area contributed by atoms with Gasteiger partial charge in [-0.25, -0.2) is 8.42 Å². The Hall–Kier alpha value is -0.980. The molecule has 18 heavy (non-hydrogen) atoms. The number of hydrogen-bond acceptors (Lipinski definition) is 4. The lowest BCUT2D eigenvalue weighted by Crippen LogP contribution is -2.52. The average Bonchev–Trinajstić information content (AvgIpc) is 2.39. The summed E-state index contributed by atoms with van der Waals surface area (Å²) in [5, 5.41) is 2.65. The molecule has 0 radical (unpaired) electrons. The molecule has 1 fully saturated rings. The zero-order valence-corrected chi connectivity index (χ0v) is 11.5. The van der Waals surface area contributed by atoms with Gasteiger partial charge in [0.15, 0.2) is 0 Å². The van der Waals surface area contributed by atoms with Crippen molar-refractivity contribution in [1.29, 1.82) is 0 Å². The monoisotopic (exact) mass is 269 g/mol. The van der Waals surface area contributed by atoms with Crippen molar-refractivity contribution >= 4 is 10.0 Å². The molecule has 1 saturated heterocycles. The number of nitrogens with one attached hydrogen (secondary N) is 1. The normalized spacial score (nSPS) is 23.8. The van der Waals surface area contributed by atoms with Gasteiger partial charge in [0.1, 0.15) is 5.25 Å². The molecule has 1 N–H and O–H groups in total. The highest BCUT2D eigenvalue weighted by Gasteiger charge is 2.33. The van der Waals surface area contributed by atoms with Crippen LogP contribution < -0.4 is 5.32 Å². The van der Waals surface area contributed by atoms with Crippen molar-refractivity contribution in [3.05, 3.63) is 30.1 Å². The Morgan fingerprint density at radius 2 is 2.28 bits per heavy atom. The van der Waals surface area contributed by atoms with Crippen LogP contribution in [0.15, 0.2) is 24.4 Å². The summed E-state index contributed by atoms with van der Waals surface area (Å²) in [6, 6.07) is 5.56. The van der Waals surface area contributed by atoms with Crippen molar-refractivity contribution in [1.82, 2.24) is 14.6 Å². The molecule has 0 bridgehead atoms. The van der Waals surface area contributed by atoms with Crippen LogP contribution in [0.4, 0.5) is 0 Å². The maximum Gasteiger partial charge on any atom is 0.222 e. The largest absolute Gasteiger partial charge is 0.312 e. The van der Waals surface area contributed by atoms with Crippen LogP contribution in [-0.4, -0.2) is 43.4 Å². The topological polar surface area (TPSA) is 62.3 Å². The molecule has 1 aromatic heterocycles. The Labute approximate surface area is 108 Å². The maximum absolute atomic E-state index is 12.5. The Morgan fingerprint density at radius 1 is 1.50 bits per heavy atom. The van der Waals surface area contributed by atoms with Crippen molar-refractivity contribution in [2.75, 3.05) is 19.6 Å². The van der Waals surface area contributed by atoms with Gasteiger partial charge in [0, 0.05) is 31.9 Å². The van der Waals surface area contributed by atoms with E-state index in [1.807, 2.05) is 13.0 Å². The van der Waals surface area contributed by atoms with E-state index in [0.29, 0.717) is 25.3 Å². The van der Waals surface area contributed by atoms with E-state index in [-0.39, 0.29) is 6.04 Å². The molecule has 100 valence electrons. The SMILES string of the molecule is C[C@@H]1CN(S(=O)(=O)[C@H](C)c2ccccn2)CCN1. The van der Waals surface area contributed by atoms with Crippen LogP contribution in [0.2, 0.25) is 0 Å². The Bertz CT molecular complexity index is 489. The second-order valence-electron chi connectivity index (χ2n) is 4.65. The summed E-state index contributed by atoms with van der Waals surface area (Å²) in [5.74, 6) is 0. The number of pyridine rings is 1. The van der Waals surface area contributed by atoms with Crippen molar-refractivity contribution in [2.45, 2.75) is 25.1 Å². The van der Waals surface area contributed by atoms with Crippen molar-refractivity contribution in [3.63, 3.8) is 0 Å². The molecular weight excluding hydrogens is 250 g/mol. The highest BCUT2D eigenvalue weighted by atomic mass is 32.2. The highest BCUT2D eigenvalue weighted by molar-refractivity contribution is 7.89. The number of rotatable bonds is 3. The lowest BCUT2D eigenvalue weighted by atomic mass is 10.3. The molecule has 5 nitrogen and oxygen atoms in total. The fraction of sp³-hybridized carbons (Fsp3) is 0.583. The molecule has 0 spiro atoms. The smallest absolute Gasteiger partial charge is 0.222 e. The molecule has 0 aromatic carbocycles. The molecule has 1 aliphatic rings. The van der Waals surface area contributed by atoms with Crippen LogP contribution in [0.3, 0.4) is 0 Å². The zero-order valence-electron chi connectivity index (χ0n) is 10.7. The van der Waals surface area contributed by atoms with Crippen LogP contribution >= 0.6 is 0 Å². The summed E-state index contributed by atoms with van der Waals surface area (Å²) in [6.45, 7) is 5.45. The molecule has 6 heteroatoms. The second kappa shape index (κ2) is 5.34. The van der Waals surface area contributed by atoms with Gasteiger partial charge in [0.05, 0.1) is 5.69 Å². The number of nitrogens with zero attached hydrogens (tertiary/aromatic N) is 2. The van der Waals surface area contributed by atoms with E-state index in [0.717, 1.165) is 0 Å². The third-order valence-electron chi connectivity index (χ3n) is 3.24. The van der Waals surface area contributed by atoms with Crippen molar-refractivity contribution < 1.29 is 8.42 Å². The van der Waals surface area contributed by atoms with E-state index in [1.54, 1.807) is 29.6 Å². The van der Waals surface area contributed by atoms with Crippen LogP contribution in [0.1, 0.15) is 24.8 Å². The third-order valence-corrected chi connectivity index (χ3v) is 5.43. The maximum atomic E-state index is 12.5. The minimum absolute atomic E-state index is 0.199. The lowest BCUT2D eigenvalue weighted by Gasteiger charge is -2.32. The Morgan fingerprint density at radius 3 is 2.89 bits per heavy atom. The fourth-order valence-corrected chi connectivity index (χ4v) is 3.79. The summed E-state index contributed by atoms with van der Waals surface area (Å²) in [5.41, 5.74) is 0.601. The molecule has 1 aromatic rings. The summed E-state index contributed by atoms with van der Waals surface area (Å²) in [4.78, 5) is 4.14. The Balaban J connectivity index is 2.20. The second-order valence-corrected chi connectivity index (χ2v) is 6.91. The van der Waals surface area contributed by atoms with Gasteiger partial charge in [-0.15, -0.1) is 0 Å². The molecule has 0 amide bonds. The molecule has 0 unspecified atom stereocenters. The molecule has 2 rings (SSSR count). The van der Waals surface area contributed by atoms with E-state index >= 15 is 0 Å². The first-order valence-corrected chi connectivity index (χ1v) is 7.65.